The van der Waals surface area contributed by atoms with Crippen molar-refractivity contribution in [2.75, 3.05) is 7.11 Å². The zero-order valence-electron chi connectivity index (χ0n) is 10.1. The van der Waals surface area contributed by atoms with Gasteiger partial charge in [0.2, 0.25) is 0 Å². The molecule has 1 aromatic carbocycles. The van der Waals surface area contributed by atoms with Gasteiger partial charge in [-0.3, -0.25) is 4.79 Å². The van der Waals surface area contributed by atoms with Crippen LogP contribution in [0.25, 0.3) is 11.0 Å². The number of rotatable bonds is 2. The molecule has 1 heterocycles. The third-order valence-corrected chi connectivity index (χ3v) is 2.94. The summed E-state index contributed by atoms with van der Waals surface area (Å²) in [5, 5.41) is 0. The Labute approximate surface area is 99.2 Å². The lowest BCUT2D eigenvalue weighted by Gasteiger charge is -2.09. The number of carbonyl (C=O) groups is 1. The van der Waals surface area contributed by atoms with Crippen LogP contribution < -0.4 is 5.73 Å². The minimum absolute atomic E-state index is 0.447. The second kappa shape index (κ2) is 4.18. The highest BCUT2D eigenvalue weighted by molar-refractivity contribution is 5.81. The molecule has 90 valence electrons. The average Bonchev–Trinajstić information content (AvgIpc) is 2.62. The van der Waals surface area contributed by atoms with Crippen molar-refractivity contribution < 1.29 is 9.53 Å². The minimum Gasteiger partial charge on any atom is -0.468 e. The number of methoxy groups -OCH3 is 1. The SMILES string of the molecule is COC(=O)C(N)c1ccc2c(c1)nc(C)n2C. The Balaban J connectivity index is 2.48. The molecule has 2 rings (SSSR count). The van der Waals surface area contributed by atoms with E-state index in [1.54, 1.807) is 0 Å². The molecule has 0 aliphatic heterocycles. The van der Waals surface area contributed by atoms with Gasteiger partial charge in [0.1, 0.15) is 11.9 Å². The quantitative estimate of drug-likeness (QED) is 0.787. The molecule has 1 atom stereocenters. The van der Waals surface area contributed by atoms with E-state index < -0.39 is 12.0 Å². The predicted octanol–water partition coefficient (Wildman–Crippen LogP) is 1.05. The number of aryl methyl sites for hydroxylation is 2. The first-order valence-corrected chi connectivity index (χ1v) is 5.31. The number of benzene rings is 1. The summed E-state index contributed by atoms with van der Waals surface area (Å²) in [4.78, 5) is 15.7. The highest BCUT2D eigenvalue weighted by atomic mass is 16.5. The largest absolute Gasteiger partial charge is 0.468 e. The molecule has 1 aromatic heterocycles. The Morgan fingerprint density at radius 2 is 2.24 bits per heavy atom. The molecule has 0 bridgehead atoms. The van der Waals surface area contributed by atoms with Gasteiger partial charge in [-0.1, -0.05) is 6.07 Å². The van der Waals surface area contributed by atoms with E-state index in [0.29, 0.717) is 5.56 Å². The molecule has 5 nitrogen and oxygen atoms in total. The minimum atomic E-state index is -0.758. The van der Waals surface area contributed by atoms with E-state index >= 15 is 0 Å². The number of esters is 1. The molecule has 0 amide bonds. The van der Waals surface area contributed by atoms with Crippen LogP contribution >= 0.6 is 0 Å². The lowest BCUT2D eigenvalue weighted by Crippen LogP contribution is -2.22. The molecule has 0 spiro atoms. The number of fused-ring (bicyclic) bond motifs is 1. The van der Waals surface area contributed by atoms with Crippen molar-refractivity contribution in [1.29, 1.82) is 0 Å². The first-order valence-electron chi connectivity index (χ1n) is 5.31. The van der Waals surface area contributed by atoms with Gasteiger partial charge in [0.05, 0.1) is 18.1 Å². The third kappa shape index (κ3) is 1.89. The van der Waals surface area contributed by atoms with E-state index in [0.717, 1.165) is 16.9 Å². The summed E-state index contributed by atoms with van der Waals surface area (Å²) >= 11 is 0. The summed E-state index contributed by atoms with van der Waals surface area (Å²) in [6, 6.07) is 4.80. The maximum Gasteiger partial charge on any atom is 0.327 e. The van der Waals surface area contributed by atoms with Crippen molar-refractivity contribution in [2.45, 2.75) is 13.0 Å². The topological polar surface area (TPSA) is 70.1 Å². The number of hydrogen-bond acceptors (Lipinski definition) is 4. The predicted molar refractivity (Wildman–Crippen MR) is 64.4 cm³/mol. The lowest BCUT2D eigenvalue weighted by atomic mass is 10.1. The van der Waals surface area contributed by atoms with E-state index in [9.17, 15) is 4.79 Å². The van der Waals surface area contributed by atoms with Crippen LogP contribution in [-0.2, 0) is 16.6 Å². The van der Waals surface area contributed by atoms with Gasteiger partial charge in [0.25, 0.3) is 0 Å². The summed E-state index contributed by atoms with van der Waals surface area (Å²) in [5.74, 6) is 0.473. The Morgan fingerprint density at radius 3 is 2.88 bits per heavy atom. The van der Waals surface area contributed by atoms with E-state index in [4.69, 9.17) is 5.73 Å². The van der Waals surface area contributed by atoms with Gasteiger partial charge < -0.3 is 15.0 Å². The zero-order chi connectivity index (χ0) is 12.6. The zero-order valence-corrected chi connectivity index (χ0v) is 10.1. The summed E-state index contributed by atoms with van der Waals surface area (Å²) in [6.07, 6.45) is 0. The van der Waals surface area contributed by atoms with E-state index in [1.807, 2.05) is 36.7 Å². The molecule has 0 fully saturated rings. The molecule has 0 radical (unpaired) electrons. The third-order valence-electron chi connectivity index (χ3n) is 2.94. The smallest absolute Gasteiger partial charge is 0.327 e. The Morgan fingerprint density at radius 1 is 1.53 bits per heavy atom. The number of aromatic nitrogens is 2. The molecule has 17 heavy (non-hydrogen) atoms. The van der Waals surface area contributed by atoms with Crippen molar-refractivity contribution in [1.82, 2.24) is 9.55 Å². The van der Waals surface area contributed by atoms with Crippen LogP contribution in [0.3, 0.4) is 0 Å². The molecule has 5 heteroatoms. The number of nitrogens with zero attached hydrogens (tertiary/aromatic N) is 2. The van der Waals surface area contributed by atoms with Crippen molar-refractivity contribution >= 4 is 17.0 Å². The molecule has 0 saturated heterocycles. The average molecular weight is 233 g/mol. The fourth-order valence-electron chi connectivity index (χ4n) is 1.79. The molecular formula is C12H15N3O2. The van der Waals surface area contributed by atoms with Gasteiger partial charge in [-0.15, -0.1) is 0 Å². The second-order valence-corrected chi connectivity index (χ2v) is 3.97. The number of hydrogen-bond donors (Lipinski definition) is 1. The lowest BCUT2D eigenvalue weighted by molar-refractivity contribution is -0.142. The van der Waals surface area contributed by atoms with E-state index in [2.05, 4.69) is 9.72 Å². The normalized spacial score (nSPS) is 12.7. The van der Waals surface area contributed by atoms with Crippen molar-refractivity contribution in [3.05, 3.63) is 29.6 Å². The number of nitrogens with two attached hydrogens (primary N) is 1. The number of ether oxygens (including phenoxy) is 1. The monoisotopic (exact) mass is 233 g/mol. The number of imidazole rings is 1. The Bertz CT molecular complexity index is 574. The van der Waals surface area contributed by atoms with Crippen molar-refractivity contribution in [3.63, 3.8) is 0 Å². The van der Waals surface area contributed by atoms with Crippen LogP contribution in [-0.4, -0.2) is 22.6 Å². The van der Waals surface area contributed by atoms with Crippen LogP contribution in [0.1, 0.15) is 17.4 Å². The van der Waals surface area contributed by atoms with E-state index in [1.165, 1.54) is 7.11 Å². The molecular weight excluding hydrogens is 218 g/mol. The summed E-state index contributed by atoms with van der Waals surface area (Å²) in [6.45, 7) is 1.93. The van der Waals surface area contributed by atoms with Crippen LogP contribution in [0.4, 0.5) is 0 Å². The second-order valence-electron chi connectivity index (χ2n) is 3.97. The van der Waals surface area contributed by atoms with E-state index in [-0.39, 0.29) is 0 Å². The molecule has 2 N–H and O–H groups in total. The van der Waals surface area contributed by atoms with Crippen molar-refractivity contribution in [3.8, 4) is 0 Å². The first kappa shape index (κ1) is 11.6. The van der Waals surface area contributed by atoms with Crippen molar-refractivity contribution in [2.24, 2.45) is 12.8 Å². The van der Waals surface area contributed by atoms with Gasteiger partial charge in [0.15, 0.2) is 0 Å². The highest BCUT2D eigenvalue weighted by Gasteiger charge is 2.17. The molecule has 2 aromatic rings. The molecule has 0 aliphatic carbocycles. The molecule has 1 unspecified atom stereocenters. The number of carbonyl (C=O) groups excluding carboxylic acids is 1. The molecule has 0 saturated carbocycles. The van der Waals surface area contributed by atoms with Crippen LogP contribution in [0.2, 0.25) is 0 Å². The van der Waals surface area contributed by atoms with Gasteiger partial charge in [-0.05, 0) is 24.6 Å². The van der Waals surface area contributed by atoms with Gasteiger partial charge in [-0.2, -0.15) is 0 Å². The van der Waals surface area contributed by atoms with Gasteiger partial charge >= 0.3 is 5.97 Å². The van der Waals surface area contributed by atoms with Crippen LogP contribution in [0.5, 0.6) is 0 Å². The standard InChI is InChI=1S/C12H15N3O2/c1-7-14-9-6-8(11(13)12(16)17-3)4-5-10(9)15(7)2/h4-6,11H,13H2,1-3H3. The fraction of sp³-hybridized carbons (Fsp3) is 0.333. The fourth-order valence-corrected chi connectivity index (χ4v) is 1.79. The maximum atomic E-state index is 11.3. The molecule has 0 aliphatic rings. The van der Waals surface area contributed by atoms with Crippen LogP contribution in [0.15, 0.2) is 18.2 Å². The Hall–Kier alpha value is -1.88. The summed E-state index contributed by atoms with van der Waals surface area (Å²) in [7, 11) is 3.27. The highest BCUT2D eigenvalue weighted by Crippen LogP contribution is 2.20. The maximum absolute atomic E-state index is 11.3. The first-order chi connectivity index (χ1) is 8.04. The summed E-state index contributed by atoms with van der Waals surface area (Å²) in [5.41, 5.74) is 8.34. The Kier molecular flexibility index (Phi) is 2.85. The van der Waals surface area contributed by atoms with Gasteiger partial charge in [-0.25, -0.2) is 4.98 Å². The van der Waals surface area contributed by atoms with Gasteiger partial charge in [0, 0.05) is 7.05 Å². The van der Waals surface area contributed by atoms with Crippen LogP contribution in [0, 0.1) is 6.92 Å². The summed E-state index contributed by atoms with van der Waals surface area (Å²) < 4.78 is 6.61.